The summed E-state index contributed by atoms with van der Waals surface area (Å²) in [5, 5.41) is 2.66. The molecule has 1 unspecified atom stereocenters. The molecule has 2 heterocycles. The normalized spacial score (nSPS) is 22.3. The number of nitrogens with zero attached hydrogens (tertiary/aromatic N) is 2. The number of piperazine rings is 1. The van der Waals surface area contributed by atoms with E-state index in [0.29, 0.717) is 5.56 Å². The second-order valence-electron chi connectivity index (χ2n) is 5.23. The van der Waals surface area contributed by atoms with Gasteiger partial charge in [-0.25, -0.2) is 4.39 Å². The van der Waals surface area contributed by atoms with E-state index in [-0.39, 0.29) is 18.4 Å². The maximum atomic E-state index is 13.1. The Balaban J connectivity index is 2.26. The average molecular weight is 265 g/mol. The fourth-order valence-corrected chi connectivity index (χ4v) is 2.09. The quantitative estimate of drug-likeness (QED) is 0.862. The van der Waals surface area contributed by atoms with Crippen molar-refractivity contribution in [1.82, 2.24) is 15.2 Å². The Labute approximate surface area is 110 Å². The molecule has 0 aliphatic carbocycles. The summed E-state index contributed by atoms with van der Waals surface area (Å²) in [7, 11) is 0. The van der Waals surface area contributed by atoms with Gasteiger partial charge in [0, 0.05) is 12.7 Å². The van der Waals surface area contributed by atoms with E-state index in [9.17, 15) is 14.0 Å². The number of carbonyl (C=O) groups is 2. The van der Waals surface area contributed by atoms with Gasteiger partial charge in [0.05, 0.1) is 6.20 Å². The van der Waals surface area contributed by atoms with Crippen LogP contribution in [0.25, 0.3) is 0 Å². The van der Waals surface area contributed by atoms with Gasteiger partial charge in [0.25, 0.3) is 0 Å². The monoisotopic (exact) mass is 265 g/mol. The molecule has 1 saturated heterocycles. The molecule has 0 saturated carbocycles. The highest BCUT2D eigenvalue weighted by atomic mass is 19.1. The lowest BCUT2D eigenvalue weighted by molar-refractivity contribution is -0.153. The van der Waals surface area contributed by atoms with Crippen molar-refractivity contribution in [1.29, 1.82) is 0 Å². The first-order valence-corrected chi connectivity index (χ1v) is 6.04. The van der Waals surface area contributed by atoms with Crippen molar-refractivity contribution in [3.63, 3.8) is 0 Å². The van der Waals surface area contributed by atoms with Gasteiger partial charge in [-0.15, -0.1) is 0 Å². The Hall–Kier alpha value is -1.98. The summed E-state index contributed by atoms with van der Waals surface area (Å²) in [5.74, 6) is -0.865. The molecule has 6 heteroatoms. The third kappa shape index (κ3) is 2.57. The van der Waals surface area contributed by atoms with Gasteiger partial charge in [0.2, 0.25) is 11.8 Å². The molecular formula is C13H16FN3O2. The highest BCUT2D eigenvalue weighted by molar-refractivity contribution is 5.99. The molecule has 0 bridgehead atoms. The SMILES string of the molecule is CC1C(=O)NC(C)(C)C(=O)N1Cc1cncc(F)c1. The van der Waals surface area contributed by atoms with Gasteiger partial charge in [0.1, 0.15) is 17.4 Å². The standard InChI is InChI=1S/C13H16FN3O2/c1-8-11(18)16-13(2,3)12(19)17(8)7-9-4-10(14)6-15-5-9/h4-6,8H,7H2,1-3H3,(H,16,18). The van der Waals surface area contributed by atoms with E-state index < -0.39 is 17.4 Å². The summed E-state index contributed by atoms with van der Waals surface area (Å²) in [5.41, 5.74) is -0.379. The van der Waals surface area contributed by atoms with E-state index in [1.54, 1.807) is 20.8 Å². The van der Waals surface area contributed by atoms with Crippen LogP contribution in [0.4, 0.5) is 4.39 Å². The summed E-state index contributed by atoms with van der Waals surface area (Å²) in [6.45, 7) is 5.11. The Morgan fingerprint density at radius 1 is 1.42 bits per heavy atom. The van der Waals surface area contributed by atoms with E-state index >= 15 is 0 Å². The molecule has 1 aliphatic heterocycles. The van der Waals surface area contributed by atoms with Gasteiger partial charge >= 0.3 is 0 Å². The van der Waals surface area contributed by atoms with E-state index in [1.165, 1.54) is 17.2 Å². The fourth-order valence-electron chi connectivity index (χ4n) is 2.09. The fraction of sp³-hybridized carbons (Fsp3) is 0.462. The van der Waals surface area contributed by atoms with Crippen LogP contribution in [0.1, 0.15) is 26.3 Å². The summed E-state index contributed by atoms with van der Waals surface area (Å²) < 4.78 is 13.1. The maximum absolute atomic E-state index is 13.1. The van der Waals surface area contributed by atoms with Crippen LogP contribution in [0.3, 0.4) is 0 Å². The van der Waals surface area contributed by atoms with Crippen molar-refractivity contribution >= 4 is 11.8 Å². The molecule has 1 aliphatic rings. The molecular weight excluding hydrogens is 249 g/mol. The number of hydrogen-bond donors (Lipinski definition) is 1. The van der Waals surface area contributed by atoms with Gasteiger partial charge in [-0.2, -0.15) is 0 Å². The van der Waals surface area contributed by atoms with Crippen LogP contribution in [-0.4, -0.2) is 33.3 Å². The van der Waals surface area contributed by atoms with Crippen molar-refractivity contribution in [2.24, 2.45) is 0 Å². The first-order valence-electron chi connectivity index (χ1n) is 6.04. The number of hydrogen-bond acceptors (Lipinski definition) is 3. The van der Waals surface area contributed by atoms with Crippen LogP contribution >= 0.6 is 0 Å². The molecule has 1 aromatic rings. The van der Waals surface area contributed by atoms with Crippen LogP contribution in [-0.2, 0) is 16.1 Å². The molecule has 0 spiro atoms. The number of halogens is 1. The van der Waals surface area contributed by atoms with Crippen LogP contribution in [0, 0.1) is 5.82 Å². The van der Waals surface area contributed by atoms with E-state index in [1.807, 2.05) is 0 Å². The Kier molecular flexibility index (Phi) is 3.26. The summed E-state index contributed by atoms with van der Waals surface area (Å²) >= 11 is 0. The number of nitrogens with one attached hydrogen (secondary N) is 1. The molecule has 5 nitrogen and oxygen atoms in total. The third-order valence-electron chi connectivity index (χ3n) is 3.19. The van der Waals surface area contributed by atoms with Crippen molar-refractivity contribution in [2.75, 3.05) is 0 Å². The third-order valence-corrected chi connectivity index (χ3v) is 3.19. The summed E-state index contributed by atoms with van der Waals surface area (Å²) in [6.07, 6.45) is 2.59. The molecule has 1 fully saturated rings. The zero-order valence-electron chi connectivity index (χ0n) is 11.1. The van der Waals surface area contributed by atoms with E-state index in [0.717, 1.165) is 6.20 Å². The van der Waals surface area contributed by atoms with Gasteiger partial charge in [-0.05, 0) is 32.4 Å². The molecule has 1 aromatic heterocycles. The molecule has 0 aromatic carbocycles. The van der Waals surface area contributed by atoms with Gasteiger partial charge in [-0.1, -0.05) is 0 Å². The minimum atomic E-state index is -0.940. The molecule has 2 rings (SSSR count). The zero-order valence-corrected chi connectivity index (χ0v) is 11.1. The zero-order chi connectivity index (χ0) is 14.2. The summed E-state index contributed by atoms with van der Waals surface area (Å²) in [6, 6.07) is 0.732. The molecule has 19 heavy (non-hydrogen) atoms. The number of rotatable bonds is 2. The van der Waals surface area contributed by atoms with Crippen molar-refractivity contribution in [3.8, 4) is 0 Å². The minimum absolute atomic E-state index is 0.168. The minimum Gasteiger partial charge on any atom is -0.340 e. The van der Waals surface area contributed by atoms with E-state index in [4.69, 9.17) is 0 Å². The van der Waals surface area contributed by atoms with Gasteiger partial charge in [-0.3, -0.25) is 14.6 Å². The lowest BCUT2D eigenvalue weighted by Crippen LogP contribution is -2.66. The maximum Gasteiger partial charge on any atom is 0.248 e. The predicted molar refractivity (Wildman–Crippen MR) is 66.4 cm³/mol. The second kappa shape index (κ2) is 4.60. The highest BCUT2D eigenvalue weighted by Gasteiger charge is 2.43. The largest absolute Gasteiger partial charge is 0.340 e. The van der Waals surface area contributed by atoms with Crippen molar-refractivity contribution < 1.29 is 14.0 Å². The lowest BCUT2D eigenvalue weighted by atomic mass is 9.97. The Bertz CT molecular complexity index is 530. The first-order chi connectivity index (χ1) is 8.81. The lowest BCUT2D eigenvalue weighted by Gasteiger charge is -2.41. The van der Waals surface area contributed by atoms with Crippen LogP contribution in [0.15, 0.2) is 18.5 Å². The van der Waals surface area contributed by atoms with Crippen LogP contribution in [0.5, 0.6) is 0 Å². The molecule has 2 amide bonds. The van der Waals surface area contributed by atoms with Gasteiger partial charge < -0.3 is 10.2 Å². The van der Waals surface area contributed by atoms with E-state index in [2.05, 4.69) is 10.3 Å². The molecule has 1 atom stereocenters. The number of amides is 2. The first kappa shape index (κ1) is 13.5. The molecule has 0 radical (unpaired) electrons. The smallest absolute Gasteiger partial charge is 0.248 e. The van der Waals surface area contributed by atoms with Crippen molar-refractivity contribution in [3.05, 3.63) is 29.8 Å². The van der Waals surface area contributed by atoms with Crippen molar-refractivity contribution in [2.45, 2.75) is 38.9 Å². The van der Waals surface area contributed by atoms with Crippen LogP contribution < -0.4 is 5.32 Å². The predicted octanol–water partition coefficient (Wildman–Crippen LogP) is 0.846. The molecule has 1 N–H and O–H groups in total. The average Bonchev–Trinajstić information content (AvgIpc) is 2.32. The van der Waals surface area contributed by atoms with Crippen LogP contribution in [0.2, 0.25) is 0 Å². The molecule has 102 valence electrons. The highest BCUT2D eigenvalue weighted by Crippen LogP contribution is 2.20. The Morgan fingerprint density at radius 2 is 2.11 bits per heavy atom. The topological polar surface area (TPSA) is 62.3 Å². The number of pyridine rings is 1. The number of aromatic nitrogens is 1. The van der Waals surface area contributed by atoms with Gasteiger partial charge in [0.15, 0.2) is 0 Å². The Morgan fingerprint density at radius 3 is 2.74 bits per heavy atom. The summed E-state index contributed by atoms with van der Waals surface area (Å²) in [4.78, 5) is 29.3. The second-order valence-corrected chi connectivity index (χ2v) is 5.23. The number of carbonyl (C=O) groups excluding carboxylic acids is 2.